The Morgan fingerprint density at radius 2 is 1.86 bits per heavy atom. The molecule has 21 heavy (non-hydrogen) atoms. The van der Waals surface area contributed by atoms with Gasteiger partial charge in [-0.3, -0.25) is 0 Å². The van der Waals surface area contributed by atoms with Crippen LogP contribution in [0.3, 0.4) is 0 Å². The highest BCUT2D eigenvalue weighted by atomic mass is 32.1. The zero-order chi connectivity index (χ0) is 14.7. The van der Waals surface area contributed by atoms with Gasteiger partial charge in [0.25, 0.3) is 0 Å². The highest BCUT2D eigenvalue weighted by molar-refractivity contribution is 7.12. The molecule has 1 aromatic heterocycles. The third kappa shape index (κ3) is 3.57. The van der Waals surface area contributed by atoms with Gasteiger partial charge in [0, 0.05) is 29.3 Å². The number of nitrogens with one attached hydrogen (secondary N) is 1. The Morgan fingerprint density at radius 1 is 1.05 bits per heavy atom. The highest BCUT2D eigenvalue weighted by Crippen LogP contribution is 2.30. The number of fused-ring (bicyclic) bond motifs is 1. The normalized spacial score (nSPS) is 14.0. The molecule has 112 valence electrons. The summed E-state index contributed by atoms with van der Waals surface area (Å²) in [4.78, 5) is 2.79. The molecule has 3 nitrogen and oxygen atoms in total. The van der Waals surface area contributed by atoms with Crippen LogP contribution in [0.2, 0.25) is 0 Å². The maximum atomic E-state index is 5.72. The zero-order valence-electron chi connectivity index (χ0n) is 12.6. The van der Waals surface area contributed by atoms with Crippen LogP contribution in [0.25, 0.3) is 0 Å². The predicted octanol–water partition coefficient (Wildman–Crippen LogP) is 3.82. The van der Waals surface area contributed by atoms with Crippen molar-refractivity contribution in [3.8, 4) is 11.5 Å². The van der Waals surface area contributed by atoms with Gasteiger partial charge >= 0.3 is 0 Å². The van der Waals surface area contributed by atoms with Gasteiger partial charge in [0.1, 0.15) is 0 Å². The van der Waals surface area contributed by atoms with E-state index in [2.05, 4.69) is 37.4 Å². The lowest BCUT2D eigenvalue weighted by molar-refractivity contribution is 0.297. The van der Waals surface area contributed by atoms with Gasteiger partial charge in [-0.15, -0.1) is 11.3 Å². The Morgan fingerprint density at radius 3 is 2.62 bits per heavy atom. The molecule has 1 aliphatic rings. The summed E-state index contributed by atoms with van der Waals surface area (Å²) in [6.45, 7) is 7.56. The van der Waals surface area contributed by atoms with Crippen LogP contribution >= 0.6 is 11.3 Å². The minimum atomic E-state index is 0.734. The number of thiophene rings is 1. The number of ether oxygens (including phenoxy) is 2. The van der Waals surface area contributed by atoms with Crippen molar-refractivity contribution in [1.82, 2.24) is 5.32 Å². The minimum absolute atomic E-state index is 0.734. The third-order valence-corrected chi connectivity index (χ3v) is 4.81. The standard InChI is InChI=1S/C17H21NO2S/c1-12-8-15(21-13(12)2)11-18-10-14-4-5-16-17(9-14)20-7-3-6-19-16/h4-5,8-9,18H,3,6-7,10-11H2,1-2H3. The maximum absolute atomic E-state index is 5.72. The first-order chi connectivity index (χ1) is 10.2. The first-order valence-corrected chi connectivity index (χ1v) is 8.19. The molecule has 0 amide bonds. The van der Waals surface area contributed by atoms with Crippen LogP contribution in [0.15, 0.2) is 24.3 Å². The summed E-state index contributed by atoms with van der Waals surface area (Å²) >= 11 is 1.87. The molecule has 0 bridgehead atoms. The molecule has 4 heteroatoms. The van der Waals surface area contributed by atoms with Crippen molar-refractivity contribution >= 4 is 11.3 Å². The molecule has 0 saturated heterocycles. The summed E-state index contributed by atoms with van der Waals surface area (Å²) in [5.74, 6) is 1.73. The molecule has 1 aromatic carbocycles. The number of hydrogen-bond donors (Lipinski definition) is 1. The van der Waals surface area contributed by atoms with Crippen LogP contribution in [-0.4, -0.2) is 13.2 Å². The first kappa shape index (κ1) is 14.4. The van der Waals surface area contributed by atoms with Crippen molar-refractivity contribution in [2.24, 2.45) is 0 Å². The van der Waals surface area contributed by atoms with Gasteiger partial charge in [-0.2, -0.15) is 0 Å². The van der Waals surface area contributed by atoms with Crippen molar-refractivity contribution in [2.45, 2.75) is 33.4 Å². The van der Waals surface area contributed by atoms with Gasteiger partial charge in [0.05, 0.1) is 13.2 Å². The molecule has 0 radical (unpaired) electrons. The van der Waals surface area contributed by atoms with Crippen LogP contribution in [0.5, 0.6) is 11.5 Å². The quantitative estimate of drug-likeness (QED) is 0.931. The van der Waals surface area contributed by atoms with Crippen molar-refractivity contribution in [3.63, 3.8) is 0 Å². The number of rotatable bonds is 4. The molecule has 2 aromatic rings. The number of hydrogen-bond acceptors (Lipinski definition) is 4. The van der Waals surface area contributed by atoms with E-state index in [4.69, 9.17) is 9.47 Å². The van der Waals surface area contributed by atoms with Crippen molar-refractivity contribution < 1.29 is 9.47 Å². The highest BCUT2D eigenvalue weighted by Gasteiger charge is 2.10. The van der Waals surface area contributed by atoms with E-state index in [0.29, 0.717) is 0 Å². The molecule has 2 heterocycles. The third-order valence-electron chi connectivity index (χ3n) is 3.66. The molecule has 0 fully saturated rings. The van der Waals surface area contributed by atoms with E-state index in [-0.39, 0.29) is 0 Å². The smallest absolute Gasteiger partial charge is 0.161 e. The zero-order valence-corrected chi connectivity index (χ0v) is 13.4. The summed E-state index contributed by atoms with van der Waals surface area (Å²) in [6.07, 6.45) is 0.944. The Labute approximate surface area is 129 Å². The Hall–Kier alpha value is -1.52. The van der Waals surface area contributed by atoms with E-state index < -0.39 is 0 Å². The molecule has 0 saturated carbocycles. The second-order valence-corrected chi connectivity index (χ2v) is 6.73. The van der Waals surface area contributed by atoms with Crippen molar-refractivity contribution in [2.75, 3.05) is 13.2 Å². The molecular formula is C17H21NO2S. The lowest BCUT2D eigenvalue weighted by Gasteiger charge is -2.09. The van der Waals surface area contributed by atoms with E-state index in [1.165, 1.54) is 20.9 Å². The van der Waals surface area contributed by atoms with Crippen LogP contribution < -0.4 is 14.8 Å². The van der Waals surface area contributed by atoms with Gasteiger partial charge < -0.3 is 14.8 Å². The number of aryl methyl sites for hydroxylation is 2. The van der Waals surface area contributed by atoms with E-state index in [1.807, 2.05) is 17.4 Å². The van der Waals surface area contributed by atoms with Gasteiger partial charge in [0.15, 0.2) is 11.5 Å². The monoisotopic (exact) mass is 303 g/mol. The van der Waals surface area contributed by atoms with E-state index >= 15 is 0 Å². The molecular weight excluding hydrogens is 282 g/mol. The van der Waals surface area contributed by atoms with Crippen molar-refractivity contribution in [1.29, 1.82) is 0 Å². The Balaban J connectivity index is 1.59. The van der Waals surface area contributed by atoms with Gasteiger partial charge in [-0.1, -0.05) is 6.07 Å². The average molecular weight is 303 g/mol. The maximum Gasteiger partial charge on any atom is 0.161 e. The second kappa shape index (κ2) is 6.50. The summed E-state index contributed by atoms with van der Waals surface area (Å²) in [5.41, 5.74) is 2.61. The molecule has 3 rings (SSSR count). The lowest BCUT2D eigenvalue weighted by Crippen LogP contribution is -2.11. The second-order valence-electron chi connectivity index (χ2n) is 5.39. The fourth-order valence-electron chi connectivity index (χ4n) is 2.38. The van der Waals surface area contributed by atoms with Crippen LogP contribution in [0.4, 0.5) is 0 Å². The summed E-state index contributed by atoms with van der Waals surface area (Å²) in [7, 11) is 0. The molecule has 0 aliphatic carbocycles. The van der Waals surface area contributed by atoms with Gasteiger partial charge in [-0.05, 0) is 43.2 Å². The fraction of sp³-hybridized carbons (Fsp3) is 0.412. The predicted molar refractivity (Wildman–Crippen MR) is 86.4 cm³/mol. The van der Waals surface area contributed by atoms with Crippen LogP contribution in [0, 0.1) is 13.8 Å². The topological polar surface area (TPSA) is 30.5 Å². The number of benzene rings is 1. The SMILES string of the molecule is Cc1cc(CNCc2ccc3c(c2)OCCCO3)sc1C. The van der Waals surface area contributed by atoms with Crippen LogP contribution in [-0.2, 0) is 13.1 Å². The van der Waals surface area contributed by atoms with Crippen molar-refractivity contribution in [3.05, 3.63) is 45.1 Å². The summed E-state index contributed by atoms with van der Waals surface area (Å²) in [5, 5.41) is 3.50. The lowest BCUT2D eigenvalue weighted by atomic mass is 10.2. The first-order valence-electron chi connectivity index (χ1n) is 7.37. The van der Waals surface area contributed by atoms with E-state index in [0.717, 1.165) is 44.2 Å². The average Bonchev–Trinajstić information content (AvgIpc) is 2.67. The summed E-state index contributed by atoms with van der Waals surface area (Å²) in [6, 6.07) is 8.46. The minimum Gasteiger partial charge on any atom is -0.490 e. The summed E-state index contributed by atoms with van der Waals surface area (Å²) < 4.78 is 11.4. The molecule has 0 spiro atoms. The van der Waals surface area contributed by atoms with Crippen LogP contribution in [0.1, 0.15) is 27.3 Å². The molecule has 1 aliphatic heterocycles. The van der Waals surface area contributed by atoms with Gasteiger partial charge in [0.2, 0.25) is 0 Å². The molecule has 1 N–H and O–H groups in total. The van der Waals surface area contributed by atoms with E-state index in [9.17, 15) is 0 Å². The molecule has 0 atom stereocenters. The fourth-order valence-corrected chi connectivity index (χ4v) is 3.41. The van der Waals surface area contributed by atoms with Gasteiger partial charge in [-0.25, -0.2) is 0 Å². The largest absolute Gasteiger partial charge is 0.490 e. The Kier molecular flexibility index (Phi) is 4.46. The van der Waals surface area contributed by atoms with E-state index in [1.54, 1.807) is 0 Å². The Bertz CT molecular complexity index is 602. The molecule has 0 unspecified atom stereocenters.